The zero-order chi connectivity index (χ0) is 40.0. The second kappa shape index (κ2) is 19.9. The van der Waals surface area contributed by atoms with Crippen LogP contribution in [-0.4, -0.2) is 65.7 Å². The highest BCUT2D eigenvalue weighted by Crippen LogP contribution is 2.23. The number of benzene rings is 4. The molecule has 0 aromatic heterocycles. The predicted octanol–water partition coefficient (Wildman–Crippen LogP) is 5.47. The third kappa shape index (κ3) is 12.2. The zero-order valence-electron chi connectivity index (χ0n) is 30.4. The maximum Gasteiger partial charge on any atom is 0.330 e. The molecule has 0 radical (unpaired) electrons. The molecular weight excluding hydrogens is 733 g/mol. The van der Waals surface area contributed by atoms with Crippen molar-refractivity contribution in [3.8, 4) is 11.5 Å². The fourth-order valence-electron chi connectivity index (χ4n) is 5.66. The highest BCUT2D eigenvalue weighted by molar-refractivity contribution is 7.88. The Bertz CT molecular complexity index is 2030. The summed E-state index contributed by atoms with van der Waals surface area (Å²) in [7, 11) is -1.91. The molecule has 0 spiro atoms. The van der Waals surface area contributed by atoms with E-state index in [-0.39, 0.29) is 25.1 Å². The van der Waals surface area contributed by atoms with Crippen molar-refractivity contribution in [1.29, 1.82) is 0 Å². The minimum Gasteiger partial charge on any atom is -0.497 e. The highest BCUT2D eigenvalue weighted by atomic mass is 32.2. The Morgan fingerprint density at radius 3 is 1.78 bits per heavy atom. The molecule has 0 fully saturated rings. The summed E-state index contributed by atoms with van der Waals surface area (Å²) >= 11 is 0. The van der Waals surface area contributed by atoms with Gasteiger partial charge in [-0.1, -0.05) is 42.5 Å². The van der Waals surface area contributed by atoms with Crippen molar-refractivity contribution in [3.63, 3.8) is 0 Å². The molecule has 4 amide bonds. The lowest BCUT2D eigenvalue weighted by Crippen LogP contribution is -2.57. The minimum atomic E-state index is -4.89. The van der Waals surface area contributed by atoms with Crippen LogP contribution in [0.25, 0.3) is 0 Å². The Hall–Kier alpha value is -6.06. The van der Waals surface area contributed by atoms with Gasteiger partial charge < -0.3 is 24.6 Å². The molecule has 0 bridgehead atoms. The number of hydrogen-bond donors (Lipinski definition) is 3. The van der Waals surface area contributed by atoms with Crippen molar-refractivity contribution in [2.24, 2.45) is 0 Å². The molecule has 0 aliphatic carbocycles. The number of halogens is 2. The van der Waals surface area contributed by atoms with Crippen molar-refractivity contribution in [2.75, 3.05) is 37.1 Å². The van der Waals surface area contributed by atoms with Gasteiger partial charge in [0.25, 0.3) is 0 Å². The van der Waals surface area contributed by atoms with E-state index < -0.39 is 58.2 Å². The second-order valence-electron chi connectivity index (χ2n) is 12.2. The molecule has 4 rings (SSSR count). The van der Waals surface area contributed by atoms with Crippen LogP contribution in [0.2, 0.25) is 0 Å². The van der Waals surface area contributed by atoms with Crippen LogP contribution in [0.3, 0.4) is 0 Å². The molecule has 12 nitrogen and oxygen atoms in total. The summed E-state index contributed by atoms with van der Waals surface area (Å²) in [5.41, 5.74) is 1.47. The van der Waals surface area contributed by atoms with Crippen molar-refractivity contribution in [2.45, 2.75) is 31.3 Å². The van der Waals surface area contributed by atoms with Crippen molar-refractivity contribution in [3.05, 3.63) is 145 Å². The van der Waals surface area contributed by atoms with Crippen LogP contribution in [0.5, 0.6) is 11.5 Å². The molecule has 2 atom stereocenters. The molecule has 4 aromatic carbocycles. The molecule has 15 heteroatoms. The van der Waals surface area contributed by atoms with Crippen LogP contribution in [0, 0.1) is 11.6 Å². The number of ether oxygens (including phenoxy) is 2. The number of rotatable bonds is 19. The van der Waals surface area contributed by atoms with Crippen LogP contribution in [0.4, 0.5) is 25.0 Å². The number of urea groups is 1. The van der Waals surface area contributed by atoms with Crippen molar-refractivity contribution >= 4 is 39.4 Å². The predicted molar refractivity (Wildman–Crippen MR) is 207 cm³/mol. The number of hydrogen-bond acceptors (Lipinski definition) is 7. The molecule has 0 saturated carbocycles. The lowest BCUT2D eigenvalue weighted by atomic mass is 10.0. The molecule has 4 aromatic rings. The number of nitrogens with zero attached hydrogens (tertiary/aromatic N) is 2. The smallest absolute Gasteiger partial charge is 0.330 e. The van der Waals surface area contributed by atoms with Gasteiger partial charge in [-0.3, -0.25) is 9.59 Å². The SMILES string of the molecule is C=CCCN(C(=O)[C@H](Cc1cc(F)cc(F)c1)NS(=O)(=O)NC(=O)NC(Cc1ccccc1)C(=O)N(CC=C)c1ccc(OC)cc1)c1ccc(OC)cc1. The summed E-state index contributed by atoms with van der Waals surface area (Å²) in [5, 5.41) is 2.47. The number of methoxy groups -OCH3 is 2. The first kappa shape index (κ1) is 41.7. The zero-order valence-corrected chi connectivity index (χ0v) is 31.2. The van der Waals surface area contributed by atoms with Crippen molar-refractivity contribution in [1.82, 2.24) is 14.8 Å². The van der Waals surface area contributed by atoms with Gasteiger partial charge in [-0.05, 0) is 84.6 Å². The maximum absolute atomic E-state index is 14.2. The number of anilines is 2. The van der Waals surface area contributed by atoms with Crippen LogP contribution in [0.15, 0.2) is 122 Å². The van der Waals surface area contributed by atoms with Gasteiger partial charge in [-0.2, -0.15) is 13.1 Å². The summed E-state index contributed by atoms with van der Waals surface area (Å²) in [5.74, 6) is -2.18. The standard InChI is InChI=1S/C40H43F2N5O7S/c1-5-7-22-47(33-15-19-35(54-4)20-16-33)39(49)37(26-29-23-30(41)27-31(42)24-29)44-55(51,52)45-40(50)43-36(25-28-11-9-8-10-12-28)38(48)46(21-6-2)32-13-17-34(53-3)18-14-32/h5-6,8-20,23-24,27,36-37,44H,1-2,7,21-22,25-26H2,3-4H3,(H2,43,45,50)/t36?,37-/m0/s1. The second-order valence-corrected chi connectivity index (χ2v) is 13.6. The minimum absolute atomic E-state index is 0.0171. The lowest BCUT2D eigenvalue weighted by Gasteiger charge is -2.29. The van der Waals surface area contributed by atoms with E-state index in [0.29, 0.717) is 40.9 Å². The van der Waals surface area contributed by atoms with E-state index in [1.807, 2.05) is 4.72 Å². The number of carbonyl (C=O) groups excluding carboxylic acids is 3. The van der Waals surface area contributed by atoms with Gasteiger partial charge in [0, 0.05) is 37.0 Å². The fourth-order valence-corrected chi connectivity index (χ4v) is 6.58. The van der Waals surface area contributed by atoms with Crippen LogP contribution in [0.1, 0.15) is 17.5 Å². The van der Waals surface area contributed by atoms with E-state index in [4.69, 9.17) is 9.47 Å². The molecule has 0 heterocycles. The fraction of sp³-hybridized carbons (Fsp3) is 0.225. The first-order valence-electron chi connectivity index (χ1n) is 17.1. The van der Waals surface area contributed by atoms with Gasteiger partial charge in [0.2, 0.25) is 11.8 Å². The van der Waals surface area contributed by atoms with E-state index in [1.54, 1.807) is 84.9 Å². The van der Waals surface area contributed by atoms with Crippen LogP contribution >= 0.6 is 0 Å². The Kier molecular flexibility index (Phi) is 15.1. The van der Waals surface area contributed by atoms with Gasteiger partial charge in [0.05, 0.1) is 14.2 Å². The Morgan fingerprint density at radius 2 is 1.25 bits per heavy atom. The molecule has 0 aliphatic heterocycles. The van der Waals surface area contributed by atoms with Gasteiger partial charge in [-0.15, -0.1) is 13.2 Å². The molecule has 0 aliphatic rings. The summed E-state index contributed by atoms with van der Waals surface area (Å²) in [6.07, 6.45) is 2.86. The van der Waals surface area contributed by atoms with E-state index in [1.165, 1.54) is 30.1 Å². The van der Waals surface area contributed by atoms with Gasteiger partial charge in [0.1, 0.15) is 35.2 Å². The van der Waals surface area contributed by atoms with E-state index in [0.717, 1.165) is 12.1 Å². The molecule has 0 saturated heterocycles. The van der Waals surface area contributed by atoms with E-state index in [9.17, 15) is 31.6 Å². The number of nitrogens with one attached hydrogen (secondary N) is 3. The Labute approximate surface area is 319 Å². The maximum atomic E-state index is 14.2. The largest absolute Gasteiger partial charge is 0.497 e. The van der Waals surface area contributed by atoms with E-state index >= 15 is 0 Å². The quantitative estimate of drug-likeness (QED) is 0.107. The average Bonchev–Trinajstić information content (AvgIpc) is 3.16. The van der Waals surface area contributed by atoms with E-state index in [2.05, 4.69) is 23.2 Å². The van der Waals surface area contributed by atoms with Crippen LogP contribution in [-0.2, 0) is 32.6 Å². The third-order valence-corrected chi connectivity index (χ3v) is 9.29. The Balaban J connectivity index is 1.63. The molecule has 290 valence electrons. The monoisotopic (exact) mass is 775 g/mol. The molecule has 55 heavy (non-hydrogen) atoms. The summed E-state index contributed by atoms with van der Waals surface area (Å²) < 4.78 is 70.2. The summed E-state index contributed by atoms with van der Waals surface area (Å²) in [6.45, 7) is 7.57. The highest BCUT2D eigenvalue weighted by Gasteiger charge is 2.32. The number of carbonyl (C=O) groups is 3. The number of amides is 4. The summed E-state index contributed by atoms with van der Waals surface area (Å²) in [6, 6.07) is 20.1. The molecule has 3 N–H and O–H groups in total. The lowest BCUT2D eigenvalue weighted by molar-refractivity contribution is -0.120. The van der Waals surface area contributed by atoms with Gasteiger partial charge >= 0.3 is 16.2 Å². The molecule has 1 unspecified atom stereocenters. The average molecular weight is 776 g/mol. The first-order valence-corrected chi connectivity index (χ1v) is 18.6. The van der Waals surface area contributed by atoms with Gasteiger partial charge in [-0.25, -0.2) is 18.3 Å². The van der Waals surface area contributed by atoms with Crippen molar-refractivity contribution < 1.29 is 41.1 Å². The molecular formula is C40H43F2N5O7S. The first-order chi connectivity index (χ1) is 26.4. The Morgan fingerprint density at radius 1 is 0.727 bits per heavy atom. The van der Waals surface area contributed by atoms with Gasteiger partial charge in [0.15, 0.2) is 0 Å². The third-order valence-electron chi connectivity index (χ3n) is 8.24. The summed E-state index contributed by atoms with van der Waals surface area (Å²) in [4.78, 5) is 44.4. The van der Waals surface area contributed by atoms with Crippen LogP contribution < -0.4 is 34.0 Å². The topological polar surface area (TPSA) is 146 Å². The normalized spacial score (nSPS) is 12.1.